The Morgan fingerprint density at radius 2 is 0.744 bits per heavy atom. The van der Waals surface area contributed by atoms with Gasteiger partial charge in [-0.2, -0.15) is 9.97 Å². The predicted octanol–water partition coefficient (Wildman–Crippen LogP) is 3.28. The highest BCUT2D eigenvalue weighted by atomic mass is 35.5. The summed E-state index contributed by atoms with van der Waals surface area (Å²) in [6, 6.07) is 8.15. The van der Waals surface area contributed by atoms with E-state index in [9.17, 15) is 73.2 Å². The molecule has 24 atom stereocenters. The van der Waals surface area contributed by atoms with Gasteiger partial charge in [0.1, 0.15) is 71.9 Å². The molecule has 0 radical (unpaired) electrons. The number of anilines is 2. The third-order valence-electron chi connectivity index (χ3n) is 24.0. The minimum atomic E-state index is -1.51. The van der Waals surface area contributed by atoms with Crippen molar-refractivity contribution in [3.05, 3.63) is 215 Å². The van der Waals surface area contributed by atoms with Crippen LogP contribution in [0.25, 0.3) is 0 Å². The van der Waals surface area contributed by atoms with Crippen LogP contribution in [-0.4, -0.2) is 150 Å². The van der Waals surface area contributed by atoms with Gasteiger partial charge in [-0.25, -0.2) is 28.8 Å². The molecular formula is C80H112ClN15O21. The van der Waals surface area contributed by atoms with Gasteiger partial charge in [-0.15, -0.1) is 26.0 Å². The summed E-state index contributed by atoms with van der Waals surface area (Å²) in [6.45, 7) is 34.0. The van der Waals surface area contributed by atoms with E-state index in [1.165, 1.54) is 120 Å². The molecule has 12 rings (SSSR count). The predicted molar refractivity (Wildman–Crippen MR) is 436 cm³/mol. The summed E-state index contributed by atoms with van der Waals surface area (Å²) in [6.07, 6.45) is 22.9. The smallest absolute Gasteiger partial charge is 0.351 e. The molecule has 36 nitrogen and oxygen atoms in total. The molecule has 6 fully saturated rings. The van der Waals surface area contributed by atoms with Crippen LogP contribution in [0.1, 0.15) is 160 Å². The van der Waals surface area contributed by atoms with Crippen molar-refractivity contribution in [3.8, 4) is 24.7 Å². The fourth-order valence-corrected chi connectivity index (χ4v) is 15.9. The number of carbonyl (C=O) groups excluding carboxylic acids is 1. The number of hydrogen-bond donors (Lipinski definition) is 11. The number of aromatic nitrogens is 12. The van der Waals surface area contributed by atoms with Crippen molar-refractivity contribution in [1.82, 2.24) is 57.3 Å². The molecular weight excluding hydrogens is 1540 g/mol. The van der Waals surface area contributed by atoms with Crippen molar-refractivity contribution < 1.29 is 53.6 Å². The lowest BCUT2D eigenvalue weighted by molar-refractivity contribution is -0.138. The standard InChI is InChI=1S/C14H19ClN2O3.C14H20N2O3.C14H18N2O3.C13H18N2O4.C12H17N3O4.C12H15N3O4.CH5N/c1-4-14(6-7-15)10(3)9(2)12(20-14)17-8-5-11(18)16-13(17)19;2*1-5-14(6-2)10(4)9(3)12(19-14)16-8-7-11(17)15-13(16)18;1-4-13(7-16)9(3)8(2)11(19-13)15-6-5-10(17)14-12(15)18;2*1-3-12(6-16)9(17)7(2)10(19-12)15-5-4-8(13)14-11(15)18;1-2/h5-10,12H,4H2,1-3H3,(H,16,18,19);5,7-10,12H,1,6H2,2-4H3,(H,15,17,18);1,7-10,12H,6H2,2-4H3,(H,15,17,18);5-9,11H,4H2,1-3H3,(H,14,17,18);3-5,7,9-10,16-17H,1,6H2,2H3,(H2,13,14,18);1,4-5,7,9-10,16-17H,6H2,2H3,(H2,13,14,18);2H2,1H3/b7-6+;;;;;;. The van der Waals surface area contributed by atoms with E-state index in [1.807, 2.05) is 81.4 Å². The van der Waals surface area contributed by atoms with Crippen LogP contribution in [0, 0.1) is 83.9 Å². The van der Waals surface area contributed by atoms with Crippen LogP contribution < -0.4 is 73.6 Å². The number of halogens is 1. The van der Waals surface area contributed by atoms with E-state index in [4.69, 9.17) is 64.3 Å². The van der Waals surface area contributed by atoms with Crippen LogP contribution in [-0.2, 0) is 33.2 Å². The van der Waals surface area contributed by atoms with E-state index in [1.54, 1.807) is 13.8 Å². The van der Waals surface area contributed by atoms with Gasteiger partial charge in [0.2, 0.25) is 0 Å². The number of hydrogen-bond acceptors (Lipinski definition) is 26. The Morgan fingerprint density at radius 1 is 0.444 bits per heavy atom. The van der Waals surface area contributed by atoms with Gasteiger partial charge in [-0.1, -0.05) is 133 Å². The number of nitrogens with zero attached hydrogens (tertiary/aromatic N) is 8. The second-order valence-corrected chi connectivity index (χ2v) is 30.1. The minimum absolute atomic E-state index is 0.00109. The molecule has 0 amide bonds. The van der Waals surface area contributed by atoms with E-state index in [-0.39, 0.29) is 65.2 Å². The average molecular weight is 1660 g/mol. The topological polar surface area (TPSA) is 521 Å². The number of aldehydes is 1. The molecule has 6 aromatic rings. The molecule has 24 unspecified atom stereocenters. The molecule has 14 N–H and O–H groups in total. The van der Waals surface area contributed by atoms with Gasteiger partial charge in [0.15, 0.2) is 11.9 Å². The summed E-state index contributed by atoms with van der Waals surface area (Å²) in [4.78, 5) is 143. The normalized spacial score (nSPS) is 33.7. The Kier molecular flexibility index (Phi) is 32.7. The van der Waals surface area contributed by atoms with Gasteiger partial charge in [-0.3, -0.25) is 66.5 Å². The first-order chi connectivity index (χ1) is 55.2. The summed E-state index contributed by atoms with van der Waals surface area (Å²) in [7, 11) is 1.50. The molecule has 0 saturated carbocycles. The summed E-state index contributed by atoms with van der Waals surface area (Å²) in [5, 5.41) is 39.0. The molecule has 0 spiro atoms. The van der Waals surface area contributed by atoms with Gasteiger partial charge in [-0.05, 0) is 68.7 Å². The first kappa shape index (κ1) is 95.8. The molecule has 0 aromatic carbocycles. The molecule has 37 heteroatoms. The highest BCUT2D eigenvalue weighted by Gasteiger charge is 2.56. The van der Waals surface area contributed by atoms with Crippen LogP contribution in [0.2, 0.25) is 0 Å². The summed E-state index contributed by atoms with van der Waals surface area (Å²) >= 11 is 5.73. The third kappa shape index (κ3) is 19.4. The molecule has 0 bridgehead atoms. The zero-order valence-corrected chi connectivity index (χ0v) is 69.2. The maximum Gasteiger partial charge on any atom is 0.351 e. The zero-order chi connectivity index (χ0) is 87.9. The van der Waals surface area contributed by atoms with Crippen LogP contribution in [0.5, 0.6) is 0 Å². The quantitative estimate of drug-likeness (QED) is 0.0376. The number of nitrogens with two attached hydrogens (primary N) is 3. The van der Waals surface area contributed by atoms with Crippen LogP contribution >= 0.6 is 11.6 Å². The molecule has 0 aliphatic carbocycles. The fraction of sp³-hybridized carbons (Fsp3) is 0.562. The van der Waals surface area contributed by atoms with E-state index in [0.29, 0.717) is 12.8 Å². The van der Waals surface area contributed by atoms with Crippen LogP contribution in [0.15, 0.2) is 158 Å². The number of aliphatic hydroxyl groups is 4. The monoisotopic (exact) mass is 1650 g/mol. The SMILES string of the molecule is C#CC1(CC)OC(n2ccc(=O)[nH]c2=O)C(C)C1C.C#CC1(CO)OC(n2ccc(N)nc2=O)C(C)C1O.C=CC1(CC)OC(n2ccc(=O)[nH]c2=O)C(C)C1C.C=CC1(CO)OC(n2ccc(N)nc2=O)C(C)C1O.CCC1(/C=C/Cl)OC(n2ccc(=O)[nH]c2=O)C(C)C1C.CCC1(C=O)OC(n2ccc(=O)[nH]c2=O)C(C)C1C.CN. The van der Waals surface area contributed by atoms with Crippen molar-refractivity contribution in [2.45, 2.75) is 206 Å². The highest BCUT2D eigenvalue weighted by molar-refractivity contribution is 6.25. The first-order valence-electron chi connectivity index (χ1n) is 38.3. The second-order valence-electron chi connectivity index (χ2n) is 29.8. The average Bonchev–Trinajstić information content (AvgIpc) is 1.66. The van der Waals surface area contributed by atoms with Crippen LogP contribution in [0.4, 0.5) is 11.6 Å². The largest absolute Gasteiger partial charge is 0.393 e. The maximum atomic E-state index is 11.9. The van der Waals surface area contributed by atoms with E-state index in [2.05, 4.69) is 74.5 Å². The van der Waals surface area contributed by atoms with E-state index in [0.717, 1.165) is 19.1 Å². The number of nitrogens with one attached hydrogen (secondary N) is 4. The molecule has 6 aliphatic heterocycles. The minimum Gasteiger partial charge on any atom is -0.393 e. The third-order valence-corrected chi connectivity index (χ3v) is 24.2. The van der Waals surface area contributed by atoms with Gasteiger partial charge in [0, 0.05) is 108 Å². The lowest BCUT2D eigenvalue weighted by Gasteiger charge is -2.28. The molecule has 6 aromatic heterocycles. The zero-order valence-electron chi connectivity index (χ0n) is 68.4. The highest BCUT2D eigenvalue weighted by Crippen LogP contribution is 2.51. The number of nitrogen functional groups attached to an aromatic ring is 2. The number of terminal acetylenes is 2. The van der Waals surface area contributed by atoms with Crippen molar-refractivity contribution in [2.75, 3.05) is 31.7 Å². The Labute approximate surface area is 679 Å². The number of H-pyrrole nitrogens is 4. The number of aliphatic hydroxyl groups excluding tert-OH is 4. The van der Waals surface area contributed by atoms with Gasteiger partial charge >= 0.3 is 34.1 Å². The van der Waals surface area contributed by atoms with Gasteiger partial charge < -0.3 is 70.8 Å². The van der Waals surface area contributed by atoms with Crippen molar-refractivity contribution in [2.24, 2.45) is 64.9 Å². The molecule has 6 saturated heterocycles. The lowest BCUT2D eigenvalue weighted by atomic mass is 9.81. The van der Waals surface area contributed by atoms with Crippen molar-refractivity contribution >= 4 is 29.5 Å². The Bertz CT molecular complexity index is 5090. The fourth-order valence-electron chi connectivity index (χ4n) is 15.6. The molecule has 6 aliphatic rings. The maximum absolute atomic E-state index is 11.9. The molecule has 12 heterocycles. The van der Waals surface area contributed by atoms with Crippen LogP contribution in [0.3, 0.4) is 0 Å². The molecule has 117 heavy (non-hydrogen) atoms. The lowest BCUT2D eigenvalue weighted by Crippen LogP contribution is -2.43. The Hall–Kier alpha value is -10.1. The second kappa shape index (κ2) is 39.9. The number of ether oxygens (including phenoxy) is 6. The van der Waals surface area contributed by atoms with Gasteiger partial charge in [0.05, 0.1) is 30.5 Å². The summed E-state index contributed by atoms with van der Waals surface area (Å²) in [5.74, 6) is 5.23. The van der Waals surface area contributed by atoms with E-state index < -0.39 is 158 Å². The summed E-state index contributed by atoms with van der Waals surface area (Å²) in [5.41, 5.74) is 6.87. The Morgan fingerprint density at radius 3 is 1.02 bits per heavy atom. The summed E-state index contributed by atoms with van der Waals surface area (Å²) < 4.78 is 43.3. The number of carbonyl (C=O) groups is 1. The van der Waals surface area contributed by atoms with Crippen molar-refractivity contribution in [1.29, 1.82) is 0 Å². The van der Waals surface area contributed by atoms with E-state index >= 15 is 0 Å². The van der Waals surface area contributed by atoms with Crippen molar-refractivity contribution in [3.63, 3.8) is 0 Å². The van der Waals surface area contributed by atoms with Gasteiger partial charge in [0.25, 0.3) is 22.2 Å². The number of rotatable bonds is 16. The number of aromatic amines is 4. The Balaban J connectivity index is 0.000000217. The molecule has 640 valence electrons. The first-order valence-corrected chi connectivity index (χ1v) is 38.8.